The molecule has 0 bridgehead atoms. The highest BCUT2D eigenvalue weighted by Crippen LogP contribution is 2.32. The zero-order valence-electron chi connectivity index (χ0n) is 20.5. The Kier molecular flexibility index (Phi) is 7.15. The molecule has 2 aliphatic rings. The van der Waals surface area contributed by atoms with Crippen molar-refractivity contribution in [1.29, 1.82) is 5.26 Å². The highest BCUT2D eigenvalue weighted by molar-refractivity contribution is 5.48. The van der Waals surface area contributed by atoms with Crippen molar-refractivity contribution in [3.8, 4) is 6.07 Å². The smallest absolute Gasteiger partial charge is 0.141 e. The predicted octanol–water partition coefficient (Wildman–Crippen LogP) is 3.98. The van der Waals surface area contributed by atoms with E-state index < -0.39 is 0 Å². The van der Waals surface area contributed by atoms with Crippen molar-refractivity contribution in [2.24, 2.45) is 18.0 Å². The van der Waals surface area contributed by atoms with Gasteiger partial charge in [-0.05, 0) is 47.7 Å². The van der Waals surface area contributed by atoms with E-state index in [1.165, 1.54) is 37.1 Å². The Morgan fingerprint density at radius 3 is 2.28 bits per heavy atom. The molecule has 1 aliphatic heterocycles. The Labute approximate surface area is 210 Å². The molecule has 5 nitrogen and oxygen atoms in total. The fourth-order valence-electron chi connectivity index (χ4n) is 4.91. The van der Waals surface area contributed by atoms with Crippen LogP contribution in [0.3, 0.4) is 0 Å². The van der Waals surface area contributed by atoms with Gasteiger partial charge in [0.15, 0.2) is 0 Å². The van der Waals surface area contributed by atoms with Crippen molar-refractivity contribution in [2.75, 3.05) is 24.5 Å². The van der Waals surface area contributed by atoms with E-state index in [2.05, 4.69) is 33.1 Å². The molecule has 1 unspecified atom stereocenters. The quantitative estimate of drug-likeness (QED) is 0.471. The van der Waals surface area contributed by atoms with E-state index in [-0.39, 0.29) is 23.7 Å². The molecule has 1 atom stereocenters. The number of fused-ring (bicyclic) bond motifs is 1. The van der Waals surface area contributed by atoms with Crippen molar-refractivity contribution in [3.63, 3.8) is 0 Å². The summed E-state index contributed by atoms with van der Waals surface area (Å²) >= 11 is 0. The van der Waals surface area contributed by atoms with Gasteiger partial charge in [0, 0.05) is 39.3 Å². The molecule has 0 saturated heterocycles. The number of aromatic nitrogens is 1. The zero-order chi connectivity index (χ0) is 25.1. The molecule has 1 aromatic heterocycles. The van der Waals surface area contributed by atoms with Crippen molar-refractivity contribution in [3.05, 3.63) is 88.2 Å². The van der Waals surface area contributed by atoms with E-state index in [4.69, 9.17) is 4.99 Å². The third-order valence-electron chi connectivity index (χ3n) is 7.13. The van der Waals surface area contributed by atoms with Gasteiger partial charge in [-0.2, -0.15) is 5.26 Å². The third kappa shape index (κ3) is 5.50. The Balaban J connectivity index is 1.38. The third-order valence-corrected chi connectivity index (χ3v) is 7.13. The van der Waals surface area contributed by atoms with E-state index in [0.29, 0.717) is 13.0 Å². The van der Waals surface area contributed by atoms with E-state index >= 15 is 0 Å². The number of hydrogen-bond donors (Lipinski definition) is 1. The molecule has 0 spiro atoms. The first-order valence-corrected chi connectivity index (χ1v) is 12.6. The lowest BCUT2D eigenvalue weighted by Gasteiger charge is -2.26. The van der Waals surface area contributed by atoms with Gasteiger partial charge in [0.25, 0.3) is 0 Å². The summed E-state index contributed by atoms with van der Waals surface area (Å²) in [6.07, 6.45) is 8.59. The normalized spacial score (nSPS) is 16.7. The minimum atomic E-state index is -0.344. The summed E-state index contributed by atoms with van der Waals surface area (Å²) in [6, 6.07) is 14.6. The molecule has 1 N–H and O–H groups in total. The predicted molar refractivity (Wildman–Crippen MR) is 137 cm³/mol. The highest BCUT2D eigenvalue weighted by Gasteiger charge is 2.24. The van der Waals surface area contributed by atoms with E-state index in [1.807, 2.05) is 7.05 Å². The molecule has 36 heavy (non-hydrogen) atoms. The van der Waals surface area contributed by atoms with Crippen LogP contribution in [0, 0.1) is 28.9 Å². The molecule has 1 aliphatic carbocycles. The molecule has 5 rings (SSSR count). The summed E-state index contributed by atoms with van der Waals surface area (Å²) < 4.78 is 29.3. The maximum Gasteiger partial charge on any atom is 0.141 e. The molecule has 1 fully saturated rings. The average Bonchev–Trinajstić information content (AvgIpc) is 3.67. The van der Waals surface area contributed by atoms with Gasteiger partial charge in [0.1, 0.15) is 23.0 Å². The fourth-order valence-corrected chi connectivity index (χ4v) is 4.91. The van der Waals surface area contributed by atoms with Gasteiger partial charge >= 0.3 is 0 Å². The number of nitriles is 1. The van der Waals surface area contributed by atoms with Crippen molar-refractivity contribution >= 4 is 11.8 Å². The monoisotopic (exact) mass is 487 g/mol. The Morgan fingerprint density at radius 2 is 1.69 bits per heavy atom. The number of nitrogens with one attached hydrogen (secondary N) is 1. The highest BCUT2D eigenvalue weighted by atomic mass is 19.1. The molecule has 0 radical (unpaired) electrons. The Bertz CT molecular complexity index is 1310. The number of aryl methyl sites for hydroxylation is 1. The number of hydrogen-bond acceptors (Lipinski definition) is 4. The first-order valence-electron chi connectivity index (χ1n) is 12.6. The number of nitrogens with zero attached hydrogens (tertiary/aromatic N) is 4. The Hall–Kier alpha value is -3.50. The van der Waals surface area contributed by atoms with Crippen molar-refractivity contribution in [2.45, 2.75) is 37.8 Å². The van der Waals surface area contributed by atoms with Crippen LogP contribution in [0.2, 0.25) is 0 Å². The second kappa shape index (κ2) is 10.6. The van der Waals surface area contributed by atoms with Crippen LogP contribution in [0.1, 0.15) is 42.9 Å². The van der Waals surface area contributed by atoms with Gasteiger partial charge in [-0.25, -0.2) is 8.78 Å². The zero-order valence-corrected chi connectivity index (χ0v) is 20.5. The van der Waals surface area contributed by atoms with E-state index in [0.717, 1.165) is 52.9 Å². The van der Waals surface area contributed by atoms with Gasteiger partial charge in [-0.3, -0.25) is 4.99 Å². The van der Waals surface area contributed by atoms with Crippen molar-refractivity contribution < 1.29 is 8.78 Å². The summed E-state index contributed by atoms with van der Waals surface area (Å²) in [5, 5.41) is 15.0. The van der Waals surface area contributed by atoms with Crippen LogP contribution in [-0.2, 0) is 7.05 Å². The minimum absolute atomic E-state index is 0.192. The van der Waals surface area contributed by atoms with Crippen LogP contribution < -0.4 is 20.9 Å². The molecule has 0 amide bonds. The second-order valence-electron chi connectivity index (χ2n) is 9.78. The number of halogens is 2. The lowest BCUT2D eigenvalue weighted by Crippen LogP contribution is -2.40. The topological polar surface area (TPSA) is 56.3 Å². The molecule has 2 aromatic carbocycles. The van der Waals surface area contributed by atoms with Crippen LogP contribution in [0.4, 0.5) is 14.5 Å². The first kappa shape index (κ1) is 24.2. The maximum atomic E-state index is 13.6. The lowest BCUT2D eigenvalue weighted by atomic mass is 9.98. The molecular formula is C29H31F2N5. The molecular weight excluding hydrogens is 456 g/mol. The van der Waals surface area contributed by atoms with Crippen molar-refractivity contribution in [1.82, 2.24) is 9.88 Å². The molecule has 186 valence electrons. The molecule has 3 aromatic rings. The largest absolute Gasteiger partial charge is 0.367 e. The Morgan fingerprint density at radius 1 is 1.06 bits per heavy atom. The standard InChI is InChI=1S/C29H31F2N5/c1-35-19-27(29-26(35)13-12-25(18-32)34-29)36(16-14-20-2-3-20)17-15-33-28(21-4-8-23(30)9-5-21)22-6-10-24(31)11-7-22/h4-11,13,19-20,25,28,33H,2-3,12,14-17H2,1H3. The summed E-state index contributed by atoms with van der Waals surface area (Å²) in [6.45, 7) is 2.33. The molecule has 2 heterocycles. The van der Waals surface area contributed by atoms with Crippen LogP contribution >= 0.6 is 0 Å². The summed E-state index contributed by atoms with van der Waals surface area (Å²) in [5.74, 6) is 0.224. The van der Waals surface area contributed by atoms with Gasteiger partial charge in [-0.15, -0.1) is 0 Å². The van der Waals surface area contributed by atoms with Crippen LogP contribution in [0.15, 0.2) is 59.7 Å². The second-order valence-corrected chi connectivity index (χ2v) is 9.78. The molecule has 1 saturated carbocycles. The summed E-state index contributed by atoms with van der Waals surface area (Å²) in [4.78, 5) is 7.13. The number of benzene rings is 2. The summed E-state index contributed by atoms with van der Waals surface area (Å²) in [7, 11) is 2.03. The SMILES string of the molecule is Cn1cc(N(CCNC(c2ccc(F)cc2)c2ccc(F)cc2)CCC2CC2)c2c1=CCC(C#N)N=2. The van der Waals surface area contributed by atoms with Crippen LogP contribution in [0.25, 0.3) is 6.08 Å². The minimum Gasteiger partial charge on any atom is -0.367 e. The van der Waals surface area contributed by atoms with E-state index in [1.54, 1.807) is 24.3 Å². The fraction of sp³-hybridized carbons (Fsp3) is 0.379. The molecule has 7 heteroatoms. The van der Waals surface area contributed by atoms with Gasteiger partial charge in [-0.1, -0.05) is 43.2 Å². The van der Waals surface area contributed by atoms with Gasteiger partial charge in [0.05, 0.1) is 23.1 Å². The number of rotatable bonds is 10. The lowest BCUT2D eigenvalue weighted by molar-refractivity contribution is 0.577. The van der Waals surface area contributed by atoms with Gasteiger partial charge in [0.2, 0.25) is 0 Å². The van der Waals surface area contributed by atoms with Gasteiger partial charge < -0.3 is 14.8 Å². The van der Waals surface area contributed by atoms with Crippen LogP contribution in [-0.4, -0.2) is 30.2 Å². The van der Waals surface area contributed by atoms with Crippen LogP contribution in [0.5, 0.6) is 0 Å². The first-order chi connectivity index (χ1) is 17.5. The average molecular weight is 488 g/mol. The number of anilines is 1. The van der Waals surface area contributed by atoms with E-state index in [9.17, 15) is 14.0 Å². The summed E-state index contributed by atoms with van der Waals surface area (Å²) in [5.41, 5.74) is 2.91. The maximum absolute atomic E-state index is 13.6.